The number of fused-ring (bicyclic) bond motifs is 3. The summed E-state index contributed by atoms with van der Waals surface area (Å²) in [7, 11) is 0. The average Bonchev–Trinajstić information content (AvgIpc) is 3.02. The molecule has 0 radical (unpaired) electrons. The monoisotopic (exact) mass is 292 g/mol. The highest BCUT2D eigenvalue weighted by Gasteiger charge is 2.39. The lowest BCUT2D eigenvalue weighted by atomic mass is 9.96. The van der Waals surface area contributed by atoms with E-state index in [9.17, 15) is 0 Å². The quantitative estimate of drug-likeness (QED) is 0.840. The van der Waals surface area contributed by atoms with E-state index in [1.165, 1.54) is 11.1 Å². The van der Waals surface area contributed by atoms with E-state index in [0.717, 1.165) is 30.7 Å². The third kappa shape index (κ3) is 2.17. The van der Waals surface area contributed by atoms with Gasteiger partial charge in [0.2, 0.25) is 0 Å². The van der Waals surface area contributed by atoms with Gasteiger partial charge in [-0.2, -0.15) is 5.10 Å². The molecule has 112 valence electrons. The molecule has 2 atom stereocenters. The molecule has 0 aliphatic carbocycles. The normalized spacial score (nSPS) is 22.6. The molecule has 22 heavy (non-hydrogen) atoms. The first-order valence-electron chi connectivity index (χ1n) is 8.03. The van der Waals surface area contributed by atoms with E-state index in [2.05, 4.69) is 54.4 Å². The fourth-order valence-electron chi connectivity index (χ4n) is 3.35. The number of nitrogens with zero attached hydrogens (tertiary/aromatic N) is 2. The molecule has 2 aliphatic heterocycles. The minimum atomic E-state index is 0.0473. The summed E-state index contributed by atoms with van der Waals surface area (Å²) in [6.45, 7) is 2.19. The summed E-state index contributed by atoms with van der Waals surface area (Å²) in [5, 5.41) is 7.08. The number of hydrogen-bond donors (Lipinski definition) is 0. The van der Waals surface area contributed by atoms with Crippen molar-refractivity contribution in [3.63, 3.8) is 0 Å². The zero-order valence-electron chi connectivity index (χ0n) is 12.8. The number of benzene rings is 2. The number of rotatable bonds is 3. The first-order valence-corrected chi connectivity index (χ1v) is 8.03. The van der Waals surface area contributed by atoms with Crippen LogP contribution in [0.25, 0.3) is 0 Å². The van der Waals surface area contributed by atoms with E-state index < -0.39 is 0 Å². The summed E-state index contributed by atoms with van der Waals surface area (Å²) in [6, 6.07) is 19.1. The van der Waals surface area contributed by atoms with Crippen LogP contribution in [0.3, 0.4) is 0 Å². The molecule has 0 bridgehead atoms. The van der Waals surface area contributed by atoms with Crippen LogP contribution in [0.2, 0.25) is 0 Å². The van der Waals surface area contributed by atoms with Gasteiger partial charge in [0.15, 0.2) is 6.23 Å². The third-order valence-corrected chi connectivity index (χ3v) is 4.42. The molecule has 0 saturated heterocycles. The SMILES string of the molecule is CCC[C@H]1Oc2ccccc2[C@H]2CC(c3ccccc3)=NN21. The van der Waals surface area contributed by atoms with Gasteiger partial charge in [-0.1, -0.05) is 61.9 Å². The van der Waals surface area contributed by atoms with Gasteiger partial charge in [-0.3, -0.25) is 5.01 Å². The summed E-state index contributed by atoms with van der Waals surface area (Å²) in [5.41, 5.74) is 3.63. The van der Waals surface area contributed by atoms with E-state index in [4.69, 9.17) is 9.84 Å². The molecule has 3 heteroatoms. The van der Waals surface area contributed by atoms with Crippen LogP contribution in [-0.4, -0.2) is 16.9 Å². The van der Waals surface area contributed by atoms with Crippen molar-refractivity contribution in [1.82, 2.24) is 5.01 Å². The largest absolute Gasteiger partial charge is 0.469 e. The molecule has 0 spiro atoms. The van der Waals surface area contributed by atoms with Crippen LogP contribution in [0, 0.1) is 0 Å². The average molecular weight is 292 g/mol. The lowest BCUT2D eigenvalue weighted by molar-refractivity contribution is -0.0223. The Balaban J connectivity index is 1.72. The van der Waals surface area contributed by atoms with E-state index in [-0.39, 0.29) is 6.23 Å². The van der Waals surface area contributed by atoms with Crippen LogP contribution in [0.4, 0.5) is 0 Å². The maximum atomic E-state index is 6.19. The Bertz CT molecular complexity index is 696. The van der Waals surface area contributed by atoms with Gasteiger partial charge in [-0.25, -0.2) is 0 Å². The van der Waals surface area contributed by atoms with Gasteiger partial charge in [0.25, 0.3) is 0 Å². The Morgan fingerprint density at radius 1 is 1.09 bits per heavy atom. The highest BCUT2D eigenvalue weighted by atomic mass is 16.5. The van der Waals surface area contributed by atoms with Gasteiger partial charge in [-0.15, -0.1) is 0 Å². The maximum absolute atomic E-state index is 6.19. The molecule has 2 aromatic carbocycles. The van der Waals surface area contributed by atoms with E-state index in [1.807, 2.05) is 12.1 Å². The molecule has 0 N–H and O–H groups in total. The molecular weight excluding hydrogens is 272 g/mol. The molecule has 0 unspecified atom stereocenters. The fourth-order valence-corrected chi connectivity index (χ4v) is 3.35. The lowest BCUT2D eigenvalue weighted by Gasteiger charge is -2.38. The number of hydrazone groups is 1. The van der Waals surface area contributed by atoms with Crippen molar-refractivity contribution in [2.24, 2.45) is 5.10 Å². The highest BCUT2D eigenvalue weighted by molar-refractivity contribution is 6.01. The van der Waals surface area contributed by atoms with Crippen molar-refractivity contribution in [2.45, 2.75) is 38.5 Å². The zero-order chi connectivity index (χ0) is 14.9. The van der Waals surface area contributed by atoms with Crippen LogP contribution < -0.4 is 4.74 Å². The topological polar surface area (TPSA) is 24.8 Å². The number of ether oxygens (including phenoxy) is 1. The smallest absolute Gasteiger partial charge is 0.187 e. The first kappa shape index (κ1) is 13.4. The molecular formula is C19H20N2O. The third-order valence-electron chi connectivity index (χ3n) is 4.42. The van der Waals surface area contributed by atoms with Gasteiger partial charge in [-0.05, 0) is 11.6 Å². The summed E-state index contributed by atoms with van der Waals surface area (Å²) in [6.07, 6.45) is 3.08. The van der Waals surface area contributed by atoms with Crippen LogP contribution >= 0.6 is 0 Å². The second kappa shape index (κ2) is 5.48. The fraction of sp³-hybridized carbons (Fsp3) is 0.316. The minimum absolute atomic E-state index is 0.0473. The standard InChI is InChI=1S/C19H20N2O/c1-2-8-19-21-17(15-11-6-7-12-18(15)22-19)13-16(20-21)14-9-4-3-5-10-14/h3-7,9-12,17,19H,2,8,13H2,1H3/t17-,19-/m1/s1. The summed E-state index contributed by atoms with van der Waals surface area (Å²) in [5.74, 6) is 1.02. The van der Waals surface area contributed by atoms with E-state index >= 15 is 0 Å². The lowest BCUT2D eigenvalue weighted by Crippen LogP contribution is -2.40. The van der Waals surface area contributed by atoms with Crippen LogP contribution in [0.5, 0.6) is 5.75 Å². The maximum Gasteiger partial charge on any atom is 0.187 e. The molecule has 0 fully saturated rings. The Labute approximate surface area is 131 Å². The molecule has 0 amide bonds. The van der Waals surface area contributed by atoms with E-state index in [1.54, 1.807) is 0 Å². The highest BCUT2D eigenvalue weighted by Crippen LogP contribution is 2.43. The zero-order valence-corrected chi connectivity index (χ0v) is 12.8. The molecule has 0 aromatic heterocycles. The van der Waals surface area contributed by atoms with Gasteiger partial charge in [0, 0.05) is 18.4 Å². The molecule has 3 nitrogen and oxygen atoms in total. The molecule has 4 rings (SSSR count). The van der Waals surface area contributed by atoms with Crippen molar-refractivity contribution in [1.29, 1.82) is 0 Å². The van der Waals surface area contributed by atoms with Crippen LogP contribution in [0.15, 0.2) is 59.7 Å². The predicted molar refractivity (Wildman–Crippen MR) is 87.9 cm³/mol. The minimum Gasteiger partial charge on any atom is -0.469 e. The van der Waals surface area contributed by atoms with Crippen molar-refractivity contribution in [2.75, 3.05) is 0 Å². The van der Waals surface area contributed by atoms with Crippen molar-refractivity contribution < 1.29 is 4.74 Å². The number of hydrogen-bond acceptors (Lipinski definition) is 3. The second-order valence-electron chi connectivity index (χ2n) is 5.91. The Morgan fingerprint density at radius 3 is 2.68 bits per heavy atom. The van der Waals surface area contributed by atoms with Crippen molar-refractivity contribution >= 4 is 5.71 Å². The summed E-state index contributed by atoms with van der Waals surface area (Å²) in [4.78, 5) is 0. The van der Waals surface area contributed by atoms with Gasteiger partial charge >= 0.3 is 0 Å². The van der Waals surface area contributed by atoms with Gasteiger partial charge in [0.1, 0.15) is 5.75 Å². The van der Waals surface area contributed by atoms with Gasteiger partial charge in [0.05, 0.1) is 11.8 Å². The van der Waals surface area contributed by atoms with Gasteiger partial charge < -0.3 is 4.74 Å². The predicted octanol–water partition coefficient (Wildman–Crippen LogP) is 4.36. The van der Waals surface area contributed by atoms with Crippen molar-refractivity contribution in [3.8, 4) is 5.75 Å². The first-order chi connectivity index (χ1) is 10.9. The summed E-state index contributed by atoms with van der Waals surface area (Å²) >= 11 is 0. The second-order valence-corrected chi connectivity index (χ2v) is 5.91. The van der Waals surface area contributed by atoms with Crippen molar-refractivity contribution in [3.05, 3.63) is 65.7 Å². The molecule has 0 saturated carbocycles. The Kier molecular flexibility index (Phi) is 3.34. The van der Waals surface area contributed by atoms with Crippen LogP contribution in [0.1, 0.15) is 43.4 Å². The number of para-hydroxylation sites is 1. The molecule has 2 aromatic rings. The molecule has 2 heterocycles. The van der Waals surface area contributed by atoms with Crippen LogP contribution in [-0.2, 0) is 0 Å². The molecule has 2 aliphatic rings. The summed E-state index contributed by atoms with van der Waals surface area (Å²) < 4.78 is 6.19. The Morgan fingerprint density at radius 2 is 1.86 bits per heavy atom. The van der Waals surface area contributed by atoms with E-state index in [0.29, 0.717) is 6.04 Å². The Hall–Kier alpha value is -2.29.